The van der Waals surface area contributed by atoms with E-state index in [1.54, 1.807) is 30.6 Å². The summed E-state index contributed by atoms with van der Waals surface area (Å²) >= 11 is 7.29. The molecule has 156 valence electrons. The summed E-state index contributed by atoms with van der Waals surface area (Å²) in [6.45, 7) is 2.19. The first-order valence-electron chi connectivity index (χ1n) is 9.44. The van der Waals surface area contributed by atoms with E-state index in [9.17, 15) is 4.39 Å². The Balaban J connectivity index is 1.61. The molecule has 0 aliphatic heterocycles. The second-order valence-corrected chi connectivity index (χ2v) is 8.05. The minimum Gasteiger partial charge on any atom is -0.391 e. The lowest BCUT2D eigenvalue weighted by Gasteiger charge is -2.08. The Labute approximate surface area is 188 Å². The molecule has 0 saturated carbocycles. The number of aromatic nitrogens is 3. The van der Waals surface area contributed by atoms with Crippen molar-refractivity contribution >= 4 is 29.6 Å². The zero-order valence-electron chi connectivity index (χ0n) is 16.6. The standard InChI is InChI=1S/C23H18ClFN4OS/c1-16-21(14-27-30-15-17-7-12-22(24)26-13-17)23(31-20-10-8-18(25)9-11-20)29(28-16)19-5-3-2-4-6-19/h2-14H,15H2,1H3/b27-14+. The van der Waals surface area contributed by atoms with Crippen LogP contribution in [0.4, 0.5) is 4.39 Å². The minimum atomic E-state index is -0.274. The molecule has 5 nitrogen and oxygen atoms in total. The van der Waals surface area contributed by atoms with Gasteiger partial charge in [-0.15, -0.1) is 0 Å². The first-order chi connectivity index (χ1) is 15.1. The molecule has 0 radical (unpaired) electrons. The van der Waals surface area contributed by atoms with Crippen LogP contribution in [-0.2, 0) is 11.4 Å². The van der Waals surface area contributed by atoms with Crippen molar-refractivity contribution in [1.82, 2.24) is 14.8 Å². The lowest BCUT2D eigenvalue weighted by molar-refractivity contribution is 0.132. The number of para-hydroxylation sites is 1. The average Bonchev–Trinajstić information content (AvgIpc) is 3.10. The lowest BCUT2D eigenvalue weighted by Crippen LogP contribution is -1.98. The van der Waals surface area contributed by atoms with Crippen molar-refractivity contribution in [3.05, 3.63) is 101 Å². The van der Waals surface area contributed by atoms with Gasteiger partial charge in [-0.25, -0.2) is 14.1 Å². The van der Waals surface area contributed by atoms with Crippen molar-refractivity contribution in [1.29, 1.82) is 0 Å². The Morgan fingerprint density at radius 3 is 2.58 bits per heavy atom. The molecule has 0 aliphatic rings. The summed E-state index contributed by atoms with van der Waals surface area (Å²) in [6, 6.07) is 19.7. The maximum absolute atomic E-state index is 13.3. The second kappa shape index (κ2) is 9.76. The van der Waals surface area contributed by atoms with Crippen molar-refractivity contribution < 1.29 is 9.23 Å². The molecule has 0 atom stereocenters. The predicted molar refractivity (Wildman–Crippen MR) is 120 cm³/mol. The van der Waals surface area contributed by atoms with Crippen LogP contribution < -0.4 is 0 Å². The number of oxime groups is 1. The van der Waals surface area contributed by atoms with Crippen LogP contribution in [0.5, 0.6) is 0 Å². The van der Waals surface area contributed by atoms with Crippen molar-refractivity contribution in [2.75, 3.05) is 0 Å². The number of hydrogen-bond acceptors (Lipinski definition) is 5. The Hall–Kier alpha value is -3.16. The fourth-order valence-electron chi connectivity index (χ4n) is 2.82. The highest BCUT2D eigenvalue weighted by molar-refractivity contribution is 7.99. The molecule has 0 aliphatic carbocycles. The highest BCUT2D eigenvalue weighted by atomic mass is 35.5. The SMILES string of the molecule is Cc1nn(-c2ccccc2)c(Sc2ccc(F)cc2)c1/C=N/OCc1ccc(Cl)nc1. The monoisotopic (exact) mass is 452 g/mol. The van der Waals surface area contributed by atoms with Gasteiger partial charge >= 0.3 is 0 Å². The molecule has 2 aromatic carbocycles. The van der Waals surface area contributed by atoms with Crippen molar-refractivity contribution in [3.8, 4) is 5.69 Å². The second-order valence-electron chi connectivity index (χ2n) is 6.60. The number of aryl methyl sites for hydroxylation is 1. The van der Waals surface area contributed by atoms with E-state index in [0.717, 1.165) is 32.4 Å². The highest BCUT2D eigenvalue weighted by Crippen LogP contribution is 2.33. The first kappa shape index (κ1) is 21.1. The van der Waals surface area contributed by atoms with Gasteiger partial charge < -0.3 is 4.84 Å². The first-order valence-corrected chi connectivity index (χ1v) is 10.6. The van der Waals surface area contributed by atoms with Gasteiger partial charge in [-0.2, -0.15) is 5.10 Å². The summed E-state index contributed by atoms with van der Waals surface area (Å²) in [6.07, 6.45) is 3.29. The van der Waals surface area contributed by atoms with E-state index < -0.39 is 0 Å². The van der Waals surface area contributed by atoms with Gasteiger partial charge in [0, 0.05) is 16.7 Å². The zero-order valence-corrected chi connectivity index (χ0v) is 18.1. The number of hydrogen-bond donors (Lipinski definition) is 0. The van der Waals surface area contributed by atoms with Gasteiger partial charge in [0.1, 0.15) is 22.6 Å². The molecule has 4 aromatic rings. The Morgan fingerprint density at radius 1 is 1.10 bits per heavy atom. The topological polar surface area (TPSA) is 52.3 Å². The molecule has 2 aromatic heterocycles. The maximum atomic E-state index is 13.3. The quantitative estimate of drug-likeness (QED) is 0.194. The molecule has 0 saturated heterocycles. The molecule has 0 N–H and O–H groups in total. The van der Waals surface area contributed by atoms with Gasteiger partial charge in [0.05, 0.1) is 23.2 Å². The maximum Gasteiger partial charge on any atom is 0.143 e. The van der Waals surface area contributed by atoms with Gasteiger partial charge in [0.15, 0.2) is 0 Å². The predicted octanol–water partition coefficient (Wildman–Crippen LogP) is 6.07. The molecular formula is C23H18ClFN4OS. The Bertz CT molecular complexity index is 1180. The van der Waals surface area contributed by atoms with Crippen LogP contribution in [-0.4, -0.2) is 21.0 Å². The molecular weight excluding hydrogens is 435 g/mol. The molecule has 31 heavy (non-hydrogen) atoms. The molecule has 0 unspecified atom stereocenters. The van der Waals surface area contributed by atoms with Crippen LogP contribution >= 0.6 is 23.4 Å². The van der Waals surface area contributed by atoms with E-state index >= 15 is 0 Å². The van der Waals surface area contributed by atoms with E-state index in [4.69, 9.17) is 21.5 Å². The smallest absolute Gasteiger partial charge is 0.143 e. The summed E-state index contributed by atoms with van der Waals surface area (Å²) in [5.41, 5.74) is 3.41. The molecule has 0 spiro atoms. The van der Waals surface area contributed by atoms with Crippen molar-refractivity contribution in [2.45, 2.75) is 23.5 Å². The minimum absolute atomic E-state index is 0.271. The van der Waals surface area contributed by atoms with Gasteiger partial charge in [-0.3, -0.25) is 0 Å². The number of pyridine rings is 1. The van der Waals surface area contributed by atoms with E-state index in [1.165, 1.54) is 23.9 Å². The number of benzene rings is 2. The molecule has 0 bridgehead atoms. The summed E-state index contributed by atoms with van der Waals surface area (Å²) in [7, 11) is 0. The van der Waals surface area contributed by atoms with E-state index in [2.05, 4.69) is 10.1 Å². The van der Waals surface area contributed by atoms with Crippen LogP contribution in [0, 0.1) is 12.7 Å². The Kier molecular flexibility index (Phi) is 6.64. The summed E-state index contributed by atoms with van der Waals surface area (Å²) in [4.78, 5) is 10.4. The number of nitrogens with zero attached hydrogens (tertiary/aromatic N) is 4. The van der Waals surface area contributed by atoms with Crippen LogP contribution in [0.1, 0.15) is 16.8 Å². The third-order valence-electron chi connectivity index (χ3n) is 4.37. The fraction of sp³-hybridized carbons (Fsp3) is 0.0870. The van der Waals surface area contributed by atoms with E-state index in [0.29, 0.717) is 5.15 Å². The third-order valence-corrected chi connectivity index (χ3v) is 5.69. The van der Waals surface area contributed by atoms with Crippen LogP contribution in [0.3, 0.4) is 0 Å². The summed E-state index contributed by atoms with van der Waals surface area (Å²) < 4.78 is 15.2. The fourth-order valence-corrected chi connectivity index (χ4v) is 3.97. The zero-order chi connectivity index (χ0) is 21.6. The number of halogens is 2. The van der Waals surface area contributed by atoms with Gasteiger partial charge in [-0.1, -0.05) is 52.8 Å². The highest BCUT2D eigenvalue weighted by Gasteiger charge is 2.17. The molecule has 0 fully saturated rings. The third kappa shape index (κ3) is 5.31. The summed E-state index contributed by atoms with van der Waals surface area (Å²) in [5.74, 6) is -0.274. The Morgan fingerprint density at radius 2 is 1.87 bits per heavy atom. The normalized spacial score (nSPS) is 11.2. The van der Waals surface area contributed by atoms with Gasteiger partial charge in [-0.05, 0) is 49.4 Å². The largest absolute Gasteiger partial charge is 0.391 e. The number of rotatable bonds is 7. The van der Waals surface area contributed by atoms with Crippen LogP contribution in [0.25, 0.3) is 5.69 Å². The summed E-state index contributed by atoms with van der Waals surface area (Å²) in [5, 5.41) is 10.1. The lowest BCUT2D eigenvalue weighted by atomic mass is 10.3. The van der Waals surface area contributed by atoms with Crippen molar-refractivity contribution in [3.63, 3.8) is 0 Å². The van der Waals surface area contributed by atoms with Crippen LogP contribution in [0.15, 0.2) is 88.0 Å². The van der Waals surface area contributed by atoms with Crippen molar-refractivity contribution in [2.24, 2.45) is 5.16 Å². The molecule has 0 amide bonds. The van der Waals surface area contributed by atoms with E-state index in [-0.39, 0.29) is 12.4 Å². The van der Waals surface area contributed by atoms with Gasteiger partial charge in [0.25, 0.3) is 0 Å². The average molecular weight is 453 g/mol. The molecule has 8 heteroatoms. The van der Waals surface area contributed by atoms with Gasteiger partial charge in [0.2, 0.25) is 0 Å². The van der Waals surface area contributed by atoms with E-state index in [1.807, 2.05) is 48.0 Å². The van der Waals surface area contributed by atoms with Crippen LogP contribution in [0.2, 0.25) is 5.15 Å². The molecule has 4 rings (SSSR count). The molecule has 2 heterocycles.